The summed E-state index contributed by atoms with van der Waals surface area (Å²) in [6.07, 6.45) is 1.59. The molecule has 0 bridgehead atoms. The van der Waals surface area contributed by atoms with Crippen molar-refractivity contribution in [2.75, 3.05) is 11.9 Å². The number of anilines is 1. The highest BCUT2D eigenvalue weighted by molar-refractivity contribution is 9.10. The van der Waals surface area contributed by atoms with E-state index >= 15 is 0 Å². The molecule has 6 nitrogen and oxygen atoms in total. The maximum Gasteiger partial charge on any atom is 0.277 e. The number of nitrogens with zero attached hydrogens (tertiary/aromatic N) is 3. The molecule has 7 heteroatoms. The van der Waals surface area contributed by atoms with Crippen LogP contribution in [0, 0.1) is 13.8 Å². The van der Waals surface area contributed by atoms with Crippen LogP contribution in [0.5, 0.6) is 0 Å². The summed E-state index contributed by atoms with van der Waals surface area (Å²) in [5.41, 5.74) is 8.48. The number of rotatable bonds is 4. The Bertz CT molecular complexity index is 614. The van der Waals surface area contributed by atoms with Gasteiger partial charge in [0, 0.05) is 16.7 Å². The normalized spacial score (nSPS) is 10.6. The van der Waals surface area contributed by atoms with E-state index in [2.05, 4.69) is 31.6 Å². The smallest absolute Gasteiger partial charge is 0.277 e. The second-order valence-electron chi connectivity index (χ2n) is 4.52. The van der Waals surface area contributed by atoms with Gasteiger partial charge in [0.2, 0.25) is 0 Å². The lowest BCUT2D eigenvalue weighted by molar-refractivity contribution is 0.102. The van der Waals surface area contributed by atoms with Crippen molar-refractivity contribution in [1.29, 1.82) is 0 Å². The van der Waals surface area contributed by atoms with Crippen LogP contribution >= 0.6 is 15.9 Å². The van der Waals surface area contributed by atoms with Crippen molar-refractivity contribution in [3.63, 3.8) is 0 Å². The average molecular weight is 338 g/mol. The topological polar surface area (TPSA) is 85.8 Å². The van der Waals surface area contributed by atoms with Crippen LogP contribution < -0.4 is 11.1 Å². The standard InChI is InChI=1S/C13H16BrN5O/c1-8-5-10(14)6-9(2)12(8)16-13(20)11-7-19(4-3-15)18-17-11/h5-7H,3-4,15H2,1-2H3,(H,16,20). The Morgan fingerprint density at radius 3 is 2.65 bits per heavy atom. The van der Waals surface area contributed by atoms with Crippen LogP contribution in [0.2, 0.25) is 0 Å². The maximum atomic E-state index is 12.2. The van der Waals surface area contributed by atoms with E-state index in [0.717, 1.165) is 21.3 Å². The molecule has 0 saturated heterocycles. The monoisotopic (exact) mass is 337 g/mol. The van der Waals surface area contributed by atoms with Crippen molar-refractivity contribution in [3.8, 4) is 0 Å². The van der Waals surface area contributed by atoms with Crippen LogP contribution in [-0.2, 0) is 6.54 Å². The van der Waals surface area contributed by atoms with Gasteiger partial charge in [0.1, 0.15) is 0 Å². The largest absolute Gasteiger partial charge is 0.329 e. The number of hydrogen-bond acceptors (Lipinski definition) is 4. The van der Waals surface area contributed by atoms with Gasteiger partial charge in [0.15, 0.2) is 5.69 Å². The lowest BCUT2D eigenvalue weighted by Gasteiger charge is -2.11. The van der Waals surface area contributed by atoms with Gasteiger partial charge in [0.05, 0.1) is 12.7 Å². The molecule has 0 spiro atoms. The first kappa shape index (κ1) is 14.7. The third-order valence-electron chi connectivity index (χ3n) is 2.87. The SMILES string of the molecule is Cc1cc(Br)cc(C)c1NC(=O)c1cn(CCN)nn1. The minimum absolute atomic E-state index is 0.276. The number of carbonyl (C=O) groups is 1. The van der Waals surface area contributed by atoms with Crippen molar-refractivity contribution in [2.24, 2.45) is 5.73 Å². The molecule has 3 N–H and O–H groups in total. The minimum Gasteiger partial charge on any atom is -0.329 e. The van der Waals surface area contributed by atoms with Crippen LogP contribution in [-0.4, -0.2) is 27.4 Å². The van der Waals surface area contributed by atoms with Gasteiger partial charge in [-0.3, -0.25) is 9.48 Å². The summed E-state index contributed by atoms with van der Waals surface area (Å²) in [7, 11) is 0. The highest BCUT2D eigenvalue weighted by Gasteiger charge is 2.13. The average Bonchev–Trinajstić information content (AvgIpc) is 2.82. The molecule has 0 fully saturated rings. The maximum absolute atomic E-state index is 12.2. The number of carbonyl (C=O) groups excluding carboxylic acids is 1. The van der Waals surface area contributed by atoms with E-state index in [0.29, 0.717) is 13.1 Å². The van der Waals surface area contributed by atoms with E-state index in [9.17, 15) is 4.79 Å². The first-order valence-electron chi connectivity index (χ1n) is 6.19. The summed E-state index contributed by atoms with van der Waals surface area (Å²) in [5, 5.41) is 10.6. The van der Waals surface area contributed by atoms with Gasteiger partial charge in [0.25, 0.3) is 5.91 Å². The van der Waals surface area contributed by atoms with Gasteiger partial charge >= 0.3 is 0 Å². The lowest BCUT2D eigenvalue weighted by Crippen LogP contribution is -2.14. The number of nitrogens with one attached hydrogen (secondary N) is 1. The Hall–Kier alpha value is -1.73. The van der Waals surface area contributed by atoms with Crippen molar-refractivity contribution >= 4 is 27.5 Å². The molecular weight excluding hydrogens is 322 g/mol. The zero-order valence-electron chi connectivity index (χ0n) is 11.4. The molecule has 1 aromatic heterocycles. The van der Waals surface area contributed by atoms with Crippen LogP contribution in [0.15, 0.2) is 22.8 Å². The molecule has 2 aromatic rings. The summed E-state index contributed by atoms with van der Waals surface area (Å²) in [4.78, 5) is 12.2. The molecule has 0 radical (unpaired) electrons. The first-order chi connectivity index (χ1) is 9.51. The summed E-state index contributed by atoms with van der Waals surface area (Å²) >= 11 is 3.43. The molecule has 106 valence electrons. The Balaban J connectivity index is 2.19. The molecule has 2 rings (SSSR count). The highest BCUT2D eigenvalue weighted by Crippen LogP contribution is 2.25. The fraction of sp³-hybridized carbons (Fsp3) is 0.308. The van der Waals surface area contributed by atoms with E-state index in [-0.39, 0.29) is 11.6 Å². The molecule has 0 unspecified atom stereocenters. The van der Waals surface area contributed by atoms with Gasteiger partial charge < -0.3 is 11.1 Å². The van der Waals surface area contributed by atoms with Gasteiger partial charge in [-0.1, -0.05) is 21.1 Å². The summed E-state index contributed by atoms with van der Waals surface area (Å²) in [6.45, 7) is 4.88. The molecule has 1 aromatic carbocycles. The van der Waals surface area contributed by atoms with Crippen molar-refractivity contribution < 1.29 is 4.79 Å². The number of aromatic nitrogens is 3. The number of benzene rings is 1. The second-order valence-corrected chi connectivity index (χ2v) is 5.44. The Morgan fingerprint density at radius 2 is 2.05 bits per heavy atom. The van der Waals surface area contributed by atoms with Crippen molar-refractivity contribution in [1.82, 2.24) is 15.0 Å². The predicted octanol–water partition coefficient (Wildman–Crippen LogP) is 1.87. The van der Waals surface area contributed by atoms with E-state index in [1.165, 1.54) is 0 Å². The van der Waals surface area contributed by atoms with Crippen LogP contribution in [0.1, 0.15) is 21.6 Å². The molecule has 0 saturated carbocycles. The molecular formula is C13H16BrN5O. The first-order valence-corrected chi connectivity index (χ1v) is 6.99. The quantitative estimate of drug-likeness (QED) is 0.891. The number of nitrogens with two attached hydrogens (primary N) is 1. The number of hydrogen-bond donors (Lipinski definition) is 2. The number of halogens is 1. The molecule has 1 amide bonds. The molecule has 0 aliphatic rings. The van der Waals surface area contributed by atoms with Crippen molar-refractivity contribution in [2.45, 2.75) is 20.4 Å². The third kappa shape index (κ3) is 3.23. The molecule has 1 heterocycles. The fourth-order valence-corrected chi connectivity index (χ4v) is 2.62. The van der Waals surface area contributed by atoms with Crippen molar-refractivity contribution in [3.05, 3.63) is 39.6 Å². The molecule has 0 aliphatic carbocycles. The number of aryl methyl sites for hydroxylation is 2. The molecule has 0 atom stereocenters. The molecule has 20 heavy (non-hydrogen) atoms. The summed E-state index contributed by atoms with van der Waals surface area (Å²) < 4.78 is 2.54. The van der Waals surface area contributed by atoms with Gasteiger partial charge in [-0.15, -0.1) is 5.10 Å². The Morgan fingerprint density at radius 1 is 1.40 bits per heavy atom. The Labute approximate surface area is 125 Å². The Kier molecular flexibility index (Phi) is 4.51. The second kappa shape index (κ2) is 6.15. The zero-order chi connectivity index (χ0) is 14.7. The lowest BCUT2D eigenvalue weighted by atomic mass is 10.1. The van der Waals surface area contributed by atoms with Gasteiger partial charge in [-0.2, -0.15) is 0 Å². The van der Waals surface area contributed by atoms with E-state index in [1.54, 1.807) is 10.9 Å². The van der Waals surface area contributed by atoms with E-state index in [4.69, 9.17) is 5.73 Å². The molecule has 0 aliphatic heterocycles. The predicted molar refractivity (Wildman–Crippen MR) is 80.6 cm³/mol. The minimum atomic E-state index is -0.276. The van der Waals surface area contributed by atoms with Gasteiger partial charge in [-0.25, -0.2) is 0 Å². The number of amides is 1. The van der Waals surface area contributed by atoms with Crippen LogP contribution in [0.3, 0.4) is 0 Å². The van der Waals surface area contributed by atoms with Crippen LogP contribution in [0.25, 0.3) is 0 Å². The van der Waals surface area contributed by atoms with E-state index < -0.39 is 0 Å². The zero-order valence-corrected chi connectivity index (χ0v) is 12.9. The van der Waals surface area contributed by atoms with Gasteiger partial charge in [-0.05, 0) is 37.1 Å². The highest BCUT2D eigenvalue weighted by atomic mass is 79.9. The van der Waals surface area contributed by atoms with Crippen LogP contribution in [0.4, 0.5) is 5.69 Å². The summed E-state index contributed by atoms with van der Waals surface area (Å²) in [5.74, 6) is -0.276. The fourth-order valence-electron chi connectivity index (χ4n) is 1.93. The third-order valence-corrected chi connectivity index (χ3v) is 3.32. The summed E-state index contributed by atoms with van der Waals surface area (Å²) in [6, 6.07) is 3.90. The van der Waals surface area contributed by atoms with E-state index in [1.807, 2.05) is 26.0 Å².